The van der Waals surface area contributed by atoms with Gasteiger partial charge in [0.15, 0.2) is 5.84 Å². The van der Waals surface area contributed by atoms with E-state index in [1.54, 1.807) is 17.4 Å². The maximum absolute atomic E-state index is 11.9. The van der Waals surface area contributed by atoms with Crippen LogP contribution in [0.2, 0.25) is 0 Å². The highest BCUT2D eigenvalue weighted by atomic mass is 79.9. The summed E-state index contributed by atoms with van der Waals surface area (Å²) in [6, 6.07) is 11.6. The van der Waals surface area contributed by atoms with Gasteiger partial charge in [-0.2, -0.15) is 0 Å². The first-order valence-corrected chi connectivity index (χ1v) is 7.31. The third-order valence-electron chi connectivity index (χ3n) is 2.65. The molecule has 0 saturated heterocycles. The van der Waals surface area contributed by atoms with Gasteiger partial charge in [0, 0.05) is 4.47 Å². The number of carbonyl (C=O) groups excluding carboxylic acids is 1. The first-order valence-electron chi connectivity index (χ1n) is 5.64. The van der Waals surface area contributed by atoms with E-state index in [9.17, 15) is 4.79 Å². The molecule has 0 saturated carbocycles. The van der Waals surface area contributed by atoms with Gasteiger partial charge in [-0.1, -0.05) is 40.2 Å². The molecule has 0 atom stereocenters. The van der Waals surface area contributed by atoms with Crippen molar-refractivity contribution in [1.29, 1.82) is 0 Å². The molecule has 1 aliphatic rings. The smallest absolute Gasteiger partial charge is 0.275 e. The van der Waals surface area contributed by atoms with Crippen LogP contribution in [0, 0.1) is 0 Å². The highest BCUT2D eigenvalue weighted by molar-refractivity contribution is 9.10. The van der Waals surface area contributed by atoms with Gasteiger partial charge >= 0.3 is 0 Å². The average Bonchev–Trinajstić information content (AvgIpc) is 3.02. The van der Waals surface area contributed by atoms with Crippen molar-refractivity contribution in [3.8, 4) is 0 Å². The van der Waals surface area contributed by atoms with Crippen molar-refractivity contribution in [2.75, 3.05) is 0 Å². The van der Waals surface area contributed by atoms with Crippen LogP contribution in [0.4, 0.5) is 0 Å². The Balaban J connectivity index is 1.98. The van der Waals surface area contributed by atoms with E-state index in [4.69, 9.17) is 0 Å². The number of benzene rings is 1. The number of hydrogen-bond acceptors (Lipinski definition) is 3. The van der Waals surface area contributed by atoms with Gasteiger partial charge in [0.05, 0.1) is 4.88 Å². The summed E-state index contributed by atoms with van der Waals surface area (Å²) in [5.74, 6) is 0.456. The lowest BCUT2D eigenvalue weighted by molar-refractivity contribution is -0.115. The fraction of sp³-hybridized carbons (Fsp3) is 0. The van der Waals surface area contributed by atoms with E-state index in [1.807, 2.05) is 41.8 Å². The van der Waals surface area contributed by atoms with E-state index in [2.05, 4.69) is 26.2 Å². The molecule has 0 unspecified atom stereocenters. The van der Waals surface area contributed by atoms with Crippen LogP contribution >= 0.6 is 27.3 Å². The van der Waals surface area contributed by atoms with Gasteiger partial charge in [0.1, 0.15) is 5.70 Å². The van der Waals surface area contributed by atoms with Gasteiger partial charge in [0.2, 0.25) is 0 Å². The first-order chi connectivity index (χ1) is 9.24. The predicted molar refractivity (Wildman–Crippen MR) is 81.1 cm³/mol. The summed E-state index contributed by atoms with van der Waals surface area (Å²) in [6.45, 7) is 0. The largest absolute Gasteiger partial charge is 0.304 e. The highest BCUT2D eigenvalue weighted by Crippen LogP contribution is 2.22. The molecule has 0 aliphatic carbocycles. The second-order valence-electron chi connectivity index (χ2n) is 3.94. The van der Waals surface area contributed by atoms with Crippen LogP contribution in [0.3, 0.4) is 0 Å². The van der Waals surface area contributed by atoms with Crippen LogP contribution in [0.25, 0.3) is 6.08 Å². The van der Waals surface area contributed by atoms with Crippen molar-refractivity contribution >= 4 is 45.1 Å². The minimum absolute atomic E-state index is 0.167. The Morgan fingerprint density at radius 3 is 2.79 bits per heavy atom. The zero-order valence-electron chi connectivity index (χ0n) is 9.76. The van der Waals surface area contributed by atoms with Gasteiger partial charge in [-0.05, 0) is 29.2 Å². The highest BCUT2D eigenvalue weighted by Gasteiger charge is 2.21. The number of nitrogens with one attached hydrogen (secondary N) is 1. The molecule has 3 rings (SSSR count). The van der Waals surface area contributed by atoms with Gasteiger partial charge in [-0.3, -0.25) is 4.79 Å². The number of amidine groups is 1. The Kier molecular flexibility index (Phi) is 3.31. The lowest BCUT2D eigenvalue weighted by Gasteiger charge is -1.97. The molecule has 0 radical (unpaired) electrons. The summed E-state index contributed by atoms with van der Waals surface area (Å²) < 4.78 is 0.940. The maximum atomic E-state index is 11.9. The fourth-order valence-corrected chi connectivity index (χ4v) is 2.81. The second-order valence-corrected chi connectivity index (χ2v) is 5.74. The number of halogens is 1. The molecule has 1 aromatic heterocycles. The first kappa shape index (κ1) is 12.3. The molecular formula is C14H9BrN2OS. The van der Waals surface area contributed by atoms with Crippen molar-refractivity contribution in [1.82, 2.24) is 5.32 Å². The molecule has 3 nitrogen and oxygen atoms in total. The molecule has 0 spiro atoms. The number of hydrogen-bond donors (Lipinski definition) is 1. The van der Waals surface area contributed by atoms with Gasteiger partial charge < -0.3 is 5.32 Å². The summed E-state index contributed by atoms with van der Waals surface area (Å²) in [7, 11) is 0. The Bertz CT molecular complexity index is 689. The molecular weight excluding hydrogens is 324 g/mol. The molecule has 1 aliphatic heterocycles. The normalized spacial score (nSPS) is 16.6. The second kappa shape index (κ2) is 5.11. The molecule has 19 heavy (non-hydrogen) atoms. The quantitative estimate of drug-likeness (QED) is 0.841. The van der Waals surface area contributed by atoms with Gasteiger partial charge in [0.25, 0.3) is 5.91 Å². The molecule has 1 aromatic carbocycles. The summed E-state index contributed by atoms with van der Waals surface area (Å²) in [5.41, 5.74) is 1.36. The number of amides is 1. The third-order valence-corrected chi connectivity index (χ3v) is 4.25. The van der Waals surface area contributed by atoms with Crippen LogP contribution in [-0.2, 0) is 4.79 Å². The molecule has 2 aromatic rings. The number of aliphatic imine (C=N–C) groups is 1. The molecule has 5 heteroatoms. The van der Waals surface area contributed by atoms with Crippen LogP contribution in [0.1, 0.15) is 10.4 Å². The Morgan fingerprint density at radius 2 is 2.05 bits per heavy atom. The number of carbonyl (C=O) groups is 1. The monoisotopic (exact) mass is 332 g/mol. The van der Waals surface area contributed by atoms with Crippen molar-refractivity contribution in [3.05, 3.63) is 62.4 Å². The molecule has 2 heterocycles. The predicted octanol–water partition coefficient (Wildman–Crippen LogP) is 3.43. The number of rotatable bonds is 2. The van der Waals surface area contributed by atoms with Crippen LogP contribution in [0.5, 0.6) is 0 Å². The molecule has 1 amide bonds. The Hall–Kier alpha value is -1.72. The topological polar surface area (TPSA) is 41.5 Å². The Labute approximate surface area is 122 Å². The van der Waals surface area contributed by atoms with Gasteiger partial charge in [-0.15, -0.1) is 11.3 Å². The van der Waals surface area contributed by atoms with E-state index < -0.39 is 0 Å². The van der Waals surface area contributed by atoms with Crippen molar-refractivity contribution in [2.45, 2.75) is 0 Å². The minimum Gasteiger partial charge on any atom is -0.304 e. The molecule has 0 bridgehead atoms. The van der Waals surface area contributed by atoms with Crippen molar-refractivity contribution in [2.24, 2.45) is 4.99 Å². The fourth-order valence-electron chi connectivity index (χ4n) is 1.74. The summed E-state index contributed by atoms with van der Waals surface area (Å²) in [4.78, 5) is 17.2. The maximum Gasteiger partial charge on any atom is 0.275 e. The zero-order chi connectivity index (χ0) is 13.2. The van der Waals surface area contributed by atoms with E-state index in [0.717, 1.165) is 14.9 Å². The van der Waals surface area contributed by atoms with Crippen molar-refractivity contribution < 1.29 is 4.79 Å². The van der Waals surface area contributed by atoms with E-state index in [-0.39, 0.29) is 5.91 Å². The third kappa shape index (κ3) is 2.52. The van der Waals surface area contributed by atoms with Crippen molar-refractivity contribution in [3.63, 3.8) is 0 Å². The molecule has 94 valence electrons. The number of nitrogens with zero attached hydrogens (tertiary/aromatic N) is 1. The summed E-state index contributed by atoms with van der Waals surface area (Å²) in [6.07, 6.45) is 1.78. The SMILES string of the molecule is O=C1NC(c2cccs2)=N/C1=C\c1ccccc1Br. The van der Waals surface area contributed by atoms with Gasteiger partial charge in [-0.25, -0.2) is 4.99 Å². The average molecular weight is 333 g/mol. The summed E-state index contributed by atoms with van der Waals surface area (Å²) >= 11 is 5.01. The van der Waals surface area contributed by atoms with E-state index >= 15 is 0 Å². The van der Waals surface area contributed by atoms with Crippen LogP contribution in [0.15, 0.2) is 56.9 Å². The number of thiophene rings is 1. The standard InChI is InChI=1S/C14H9BrN2OS/c15-10-5-2-1-4-9(10)8-11-14(18)17-13(16-11)12-6-3-7-19-12/h1-8H,(H,16,17,18)/b11-8-. The lowest BCUT2D eigenvalue weighted by Crippen LogP contribution is -2.23. The lowest BCUT2D eigenvalue weighted by atomic mass is 10.2. The van der Waals surface area contributed by atoms with E-state index in [0.29, 0.717) is 11.5 Å². The van der Waals surface area contributed by atoms with Crippen LogP contribution in [-0.4, -0.2) is 11.7 Å². The zero-order valence-corrected chi connectivity index (χ0v) is 12.2. The molecule has 1 N–H and O–H groups in total. The molecule has 0 fully saturated rings. The summed E-state index contributed by atoms with van der Waals surface area (Å²) in [5, 5.41) is 4.74. The minimum atomic E-state index is -0.167. The van der Waals surface area contributed by atoms with E-state index in [1.165, 1.54) is 0 Å². The Morgan fingerprint density at radius 1 is 1.21 bits per heavy atom. The van der Waals surface area contributed by atoms with Crippen LogP contribution < -0.4 is 5.32 Å².